The Labute approximate surface area is 177 Å². The third-order valence-electron chi connectivity index (χ3n) is 3.87. The van der Waals surface area contributed by atoms with Gasteiger partial charge >= 0.3 is 22.5 Å². The molecule has 1 aliphatic heterocycles. The zero-order valence-corrected chi connectivity index (χ0v) is 17.7. The molecule has 4 N–H and O–H groups in total. The van der Waals surface area contributed by atoms with Gasteiger partial charge < -0.3 is 14.8 Å². The van der Waals surface area contributed by atoms with Gasteiger partial charge in [0.15, 0.2) is 6.04 Å². The van der Waals surface area contributed by atoms with E-state index in [4.69, 9.17) is 15.3 Å². The number of hydrogen-bond donors (Lipinski definition) is 3. The van der Waals surface area contributed by atoms with Crippen LogP contribution in [0.4, 0.5) is 9.59 Å². The van der Waals surface area contributed by atoms with Gasteiger partial charge in [0.05, 0.1) is 0 Å². The van der Waals surface area contributed by atoms with E-state index >= 15 is 0 Å². The van der Waals surface area contributed by atoms with Crippen LogP contribution in [0.15, 0.2) is 30.3 Å². The highest BCUT2D eigenvalue weighted by Gasteiger charge is 2.59. The number of nitrogens with zero attached hydrogens (tertiary/aromatic N) is 2. The third kappa shape index (κ3) is 5.90. The van der Waals surface area contributed by atoms with Crippen LogP contribution in [-0.4, -0.2) is 64.0 Å². The Hall–Kier alpha value is -3.23. The molecule has 0 saturated carbocycles. The Bertz CT molecular complexity index is 975. The van der Waals surface area contributed by atoms with Gasteiger partial charge in [-0.2, -0.15) is 17.7 Å². The van der Waals surface area contributed by atoms with Gasteiger partial charge in [-0.15, -0.1) is 0 Å². The molecule has 0 unspecified atom stereocenters. The van der Waals surface area contributed by atoms with Gasteiger partial charge in [-0.3, -0.25) is 14.1 Å². The molecule has 14 heteroatoms. The fourth-order valence-corrected chi connectivity index (χ4v) is 3.38. The molecule has 170 valence electrons. The smallest absolute Gasteiger partial charge is 0.431 e. The maximum atomic E-state index is 12.6. The molecule has 1 heterocycles. The monoisotopic (exact) mass is 458 g/mol. The van der Waals surface area contributed by atoms with Crippen LogP contribution in [0.1, 0.15) is 26.3 Å². The van der Waals surface area contributed by atoms with Crippen LogP contribution in [0.5, 0.6) is 0 Å². The number of hydrazine groups is 1. The van der Waals surface area contributed by atoms with Crippen molar-refractivity contribution in [3.05, 3.63) is 35.9 Å². The van der Waals surface area contributed by atoms with E-state index in [0.717, 1.165) is 0 Å². The summed E-state index contributed by atoms with van der Waals surface area (Å²) >= 11 is 0. The molecule has 0 aliphatic carbocycles. The molecule has 2 rings (SSSR count). The standard InChI is InChI=1S/C17H22N4O9S/c1-17(2,3)30-16(25)20(18)14(23)12-11(13(22)21(12)31(26,27)28)19-15(24)29-9-10-7-5-4-6-8-10/h4-8,11-12H,9,18H2,1-3H3,(H,19,24)(H,26,27,28)/t11-,12-/m1/s1. The van der Waals surface area contributed by atoms with Crippen molar-refractivity contribution in [2.45, 2.75) is 45.1 Å². The molecule has 2 atom stereocenters. The molecule has 0 bridgehead atoms. The lowest BCUT2D eigenvalue weighted by atomic mass is 9.98. The molecule has 0 spiro atoms. The Morgan fingerprint density at radius 1 is 1.23 bits per heavy atom. The predicted molar refractivity (Wildman–Crippen MR) is 103 cm³/mol. The van der Waals surface area contributed by atoms with E-state index in [1.165, 1.54) is 20.8 Å². The predicted octanol–water partition coefficient (Wildman–Crippen LogP) is -0.0676. The molecular weight excluding hydrogens is 436 g/mol. The zero-order chi connectivity index (χ0) is 23.6. The Kier molecular flexibility index (Phi) is 6.88. The number of carbonyl (C=O) groups excluding carboxylic acids is 4. The van der Waals surface area contributed by atoms with Crippen molar-refractivity contribution in [3.63, 3.8) is 0 Å². The fraction of sp³-hybridized carbons (Fsp3) is 0.412. The summed E-state index contributed by atoms with van der Waals surface area (Å²) in [6.07, 6.45) is -2.48. The third-order valence-corrected chi connectivity index (χ3v) is 4.77. The number of hydrogen-bond acceptors (Lipinski definition) is 9. The van der Waals surface area contributed by atoms with Crippen molar-refractivity contribution in [2.24, 2.45) is 5.84 Å². The molecule has 0 aromatic heterocycles. The number of nitrogens with two attached hydrogens (primary N) is 1. The summed E-state index contributed by atoms with van der Waals surface area (Å²) in [6.45, 7) is 4.31. The summed E-state index contributed by atoms with van der Waals surface area (Å²) in [5.41, 5.74) is -0.408. The number of β-lactam (4-membered cyclic amide) rings is 1. The van der Waals surface area contributed by atoms with Gasteiger partial charge in [0.25, 0.3) is 11.8 Å². The van der Waals surface area contributed by atoms with Crippen molar-refractivity contribution < 1.29 is 41.6 Å². The van der Waals surface area contributed by atoms with Gasteiger partial charge in [-0.1, -0.05) is 30.3 Å². The Morgan fingerprint density at radius 2 is 1.81 bits per heavy atom. The molecule has 1 aromatic carbocycles. The zero-order valence-electron chi connectivity index (χ0n) is 16.8. The second-order valence-electron chi connectivity index (χ2n) is 7.43. The van der Waals surface area contributed by atoms with Crippen LogP contribution >= 0.6 is 0 Å². The van der Waals surface area contributed by atoms with Crippen LogP contribution < -0.4 is 11.2 Å². The topological polar surface area (TPSA) is 186 Å². The highest BCUT2D eigenvalue weighted by atomic mass is 32.2. The summed E-state index contributed by atoms with van der Waals surface area (Å²) in [5, 5.41) is 1.98. The number of ether oxygens (including phenoxy) is 2. The van der Waals surface area contributed by atoms with Crippen molar-refractivity contribution in [1.82, 2.24) is 14.6 Å². The lowest BCUT2D eigenvalue weighted by Crippen LogP contribution is -2.76. The maximum Gasteiger partial charge on any atom is 0.431 e. The Morgan fingerprint density at radius 3 is 2.32 bits per heavy atom. The summed E-state index contributed by atoms with van der Waals surface area (Å²) in [5.74, 6) is 2.67. The quantitative estimate of drug-likeness (QED) is 0.177. The molecule has 13 nitrogen and oxygen atoms in total. The minimum Gasteiger partial charge on any atom is -0.445 e. The first-order chi connectivity index (χ1) is 14.2. The molecule has 1 fully saturated rings. The molecule has 0 radical (unpaired) electrons. The highest BCUT2D eigenvalue weighted by Crippen LogP contribution is 2.25. The normalized spacial score (nSPS) is 18.6. The lowest BCUT2D eigenvalue weighted by molar-refractivity contribution is -0.154. The number of alkyl carbamates (subject to hydrolysis) is 1. The first-order valence-corrected chi connectivity index (χ1v) is 10.2. The van der Waals surface area contributed by atoms with E-state index in [-0.39, 0.29) is 15.9 Å². The minimum absolute atomic E-state index is 0.0511. The van der Waals surface area contributed by atoms with E-state index in [1.807, 2.05) is 5.32 Å². The number of amides is 4. The molecule has 1 saturated heterocycles. The van der Waals surface area contributed by atoms with Crippen molar-refractivity contribution in [1.29, 1.82) is 0 Å². The Balaban J connectivity index is 2.14. The van der Waals surface area contributed by atoms with Crippen molar-refractivity contribution >= 4 is 34.3 Å². The first-order valence-electron chi connectivity index (χ1n) is 8.82. The summed E-state index contributed by atoms with van der Waals surface area (Å²) in [4.78, 5) is 48.7. The number of rotatable bonds is 5. The van der Waals surface area contributed by atoms with E-state index in [1.54, 1.807) is 30.3 Å². The minimum atomic E-state index is -5.19. The van der Waals surface area contributed by atoms with Crippen LogP contribution in [0.25, 0.3) is 0 Å². The SMILES string of the molecule is CC(C)(C)OC(=O)N(N)C(=O)[C@H]1[C@@H](NC(=O)OCc2ccccc2)C(=O)N1S(=O)(=O)O. The van der Waals surface area contributed by atoms with Crippen LogP contribution in [0, 0.1) is 0 Å². The van der Waals surface area contributed by atoms with Gasteiger partial charge in [-0.05, 0) is 26.3 Å². The van der Waals surface area contributed by atoms with E-state index in [9.17, 15) is 32.1 Å². The second-order valence-corrected chi connectivity index (χ2v) is 8.72. The maximum absolute atomic E-state index is 12.6. The van der Waals surface area contributed by atoms with Gasteiger partial charge in [-0.25, -0.2) is 15.4 Å². The molecule has 1 aromatic rings. The largest absolute Gasteiger partial charge is 0.445 e. The summed E-state index contributed by atoms with van der Waals surface area (Å²) < 4.78 is 41.8. The van der Waals surface area contributed by atoms with Crippen molar-refractivity contribution in [3.8, 4) is 0 Å². The van der Waals surface area contributed by atoms with E-state index < -0.39 is 52.0 Å². The van der Waals surface area contributed by atoms with Gasteiger partial charge in [0, 0.05) is 0 Å². The summed E-state index contributed by atoms with van der Waals surface area (Å²) in [6, 6.07) is 4.72. The number of nitrogens with one attached hydrogen (secondary N) is 1. The van der Waals surface area contributed by atoms with Gasteiger partial charge in [0.1, 0.15) is 18.2 Å². The number of benzene rings is 1. The molecule has 1 aliphatic rings. The van der Waals surface area contributed by atoms with E-state index in [0.29, 0.717) is 5.56 Å². The van der Waals surface area contributed by atoms with Crippen LogP contribution in [-0.2, 0) is 36.0 Å². The molecular formula is C17H22N4O9S. The molecule has 31 heavy (non-hydrogen) atoms. The van der Waals surface area contributed by atoms with Crippen molar-refractivity contribution in [2.75, 3.05) is 0 Å². The average molecular weight is 458 g/mol. The second kappa shape index (κ2) is 8.87. The number of imide groups is 1. The average Bonchev–Trinajstić information content (AvgIpc) is 2.65. The van der Waals surface area contributed by atoms with Gasteiger partial charge in [0.2, 0.25) is 0 Å². The lowest BCUT2D eigenvalue weighted by Gasteiger charge is -2.43. The first kappa shape index (κ1) is 24.0. The summed E-state index contributed by atoms with van der Waals surface area (Å²) in [7, 11) is -5.19. The molecule has 4 amide bonds. The van der Waals surface area contributed by atoms with Crippen LogP contribution in [0.2, 0.25) is 0 Å². The number of carbonyl (C=O) groups is 4. The van der Waals surface area contributed by atoms with Crippen LogP contribution in [0.3, 0.4) is 0 Å². The fourth-order valence-electron chi connectivity index (χ4n) is 2.54. The van der Waals surface area contributed by atoms with E-state index in [2.05, 4.69) is 0 Å². The highest BCUT2D eigenvalue weighted by molar-refractivity contribution is 7.84.